The van der Waals surface area contributed by atoms with E-state index in [4.69, 9.17) is 0 Å². The molecule has 3 rings (SSSR count). The van der Waals surface area contributed by atoms with Crippen molar-refractivity contribution in [1.29, 1.82) is 0 Å². The van der Waals surface area contributed by atoms with E-state index >= 15 is 0 Å². The third-order valence-electron chi connectivity index (χ3n) is 3.11. The third kappa shape index (κ3) is 2.14. The Labute approximate surface area is 117 Å². The summed E-state index contributed by atoms with van der Waals surface area (Å²) >= 11 is 7.12. The SMILES string of the molecule is Brc1ccc2c(c1)NC(c1ccccc1Br)C2. The molecule has 0 saturated heterocycles. The molecule has 1 N–H and O–H groups in total. The molecule has 0 saturated carbocycles. The Morgan fingerprint density at radius 1 is 1.06 bits per heavy atom. The van der Waals surface area contributed by atoms with Crippen LogP contribution in [0.15, 0.2) is 51.4 Å². The summed E-state index contributed by atoms with van der Waals surface area (Å²) < 4.78 is 2.29. The molecule has 1 atom stereocenters. The molecule has 1 nitrogen and oxygen atoms in total. The predicted molar refractivity (Wildman–Crippen MR) is 78.4 cm³/mol. The van der Waals surface area contributed by atoms with Crippen LogP contribution in [0.5, 0.6) is 0 Å². The Balaban J connectivity index is 1.94. The van der Waals surface area contributed by atoms with Gasteiger partial charge in [0.25, 0.3) is 0 Å². The van der Waals surface area contributed by atoms with Crippen LogP contribution in [0.25, 0.3) is 0 Å². The minimum absolute atomic E-state index is 0.370. The Morgan fingerprint density at radius 2 is 1.88 bits per heavy atom. The van der Waals surface area contributed by atoms with Crippen molar-refractivity contribution in [3.8, 4) is 0 Å². The first-order valence-corrected chi connectivity index (χ1v) is 7.12. The van der Waals surface area contributed by atoms with Crippen molar-refractivity contribution in [2.75, 3.05) is 5.32 Å². The first-order valence-electron chi connectivity index (χ1n) is 5.53. The van der Waals surface area contributed by atoms with Crippen LogP contribution >= 0.6 is 31.9 Å². The molecule has 0 radical (unpaired) electrons. The highest BCUT2D eigenvalue weighted by Crippen LogP contribution is 2.37. The number of hydrogen-bond donors (Lipinski definition) is 1. The highest BCUT2D eigenvalue weighted by atomic mass is 79.9. The molecule has 0 spiro atoms. The van der Waals surface area contributed by atoms with Crippen LogP contribution in [0, 0.1) is 0 Å². The average molecular weight is 353 g/mol. The number of benzene rings is 2. The molecule has 0 fully saturated rings. The lowest BCUT2D eigenvalue weighted by molar-refractivity contribution is 0.819. The molecule has 0 aromatic heterocycles. The minimum atomic E-state index is 0.370. The van der Waals surface area contributed by atoms with Crippen molar-refractivity contribution in [3.05, 3.63) is 62.5 Å². The first kappa shape index (κ1) is 11.3. The predicted octanol–water partition coefficient (Wildman–Crippen LogP) is 4.92. The number of rotatable bonds is 1. The maximum atomic E-state index is 3.62. The largest absolute Gasteiger partial charge is 0.378 e. The second-order valence-corrected chi connectivity index (χ2v) is 5.99. The normalized spacial score (nSPS) is 17.6. The number of nitrogens with one attached hydrogen (secondary N) is 1. The van der Waals surface area contributed by atoms with Crippen LogP contribution < -0.4 is 5.32 Å². The minimum Gasteiger partial charge on any atom is -0.378 e. The summed E-state index contributed by atoms with van der Waals surface area (Å²) in [6, 6.07) is 15.2. The molecule has 0 amide bonds. The van der Waals surface area contributed by atoms with Crippen molar-refractivity contribution in [2.45, 2.75) is 12.5 Å². The third-order valence-corrected chi connectivity index (χ3v) is 4.32. The molecule has 0 bridgehead atoms. The van der Waals surface area contributed by atoms with Gasteiger partial charge in [0.1, 0.15) is 0 Å². The summed E-state index contributed by atoms with van der Waals surface area (Å²) in [6.07, 6.45) is 1.05. The topological polar surface area (TPSA) is 12.0 Å². The fourth-order valence-electron chi connectivity index (χ4n) is 2.27. The number of halogens is 2. The molecule has 1 aliphatic heterocycles. The maximum absolute atomic E-state index is 3.62. The monoisotopic (exact) mass is 351 g/mol. The van der Waals surface area contributed by atoms with Crippen LogP contribution in [-0.2, 0) is 6.42 Å². The van der Waals surface area contributed by atoms with Gasteiger partial charge in [-0.25, -0.2) is 0 Å². The van der Waals surface area contributed by atoms with Gasteiger partial charge in [-0.3, -0.25) is 0 Å². The van der Waals surface area contributed by atoms with Gasteiger partial charge in [-0.1, -0.05) is 56.1 Å². The van der Waals surface area contributed by atoms with Gasteiger partial charge in [-0.05, 0) is 35.7 Å². The van der Waals surface area contributed by atoms with E-state index in [0.717, 1.165) is 10.9 Å². The molecule has 0 aliphatic carbocycles. The molecule has 1 unspecified atom stereocenters. The Hall–Kier alpha value is -0.800. The van der Waals surface area contributed by atoms with E-state index in [-0.39, 0.29) is 0 Å². The fourth-order valence-corrected chi connectivity index (χ4v) is 3.19. The molecule has 2 aromatic rings. The summed E-state index contributed by atoms with van der Waals surface area (Å²) in [5.41, 5.74) is 3.94. The lowest BCUT2D eigenvalue weighted by atomic mass is 10.0. The van der Waals surface area contributed by atoms with Gasteiger partial charge >= 0.3 is 0 Å². The van der Waals surface area contributed by atoms with Crippen molar-refractivity contribution in [3.63, 3.8) is 0 Å². The summed E-state index contributed by atoms with van der Waals surface area (Å²) in [6.45, 7) is 0. The first-order chi connectivity index (χ1) is 8.24. The highest BCUT2D eigenvalue weighted by molar-refractivity contribution is 9.10. The smallest absolute Gasteiger partial charge is 0.0566 e. The standard InChI is InChI=1S/C14H11Br2N/c15-10-6-5-9-7-14(17-13(9)8-10)11-3-1-2-4-12(11)16/h1-6,8,14,17H,7H2. The zero-order chi connectivity index (χ0) is 11.8. The van der Waals surface area contributed by atoms with Crippen molar-refractivity contribution in [2.24, 2.45) is 0 Å². The van der Waals surface area contributed by atoms with Crippen LogP contribution in [0.4, 0.5) is 5.69 Å². The Kier molecular flexibility index (Phi) is 2.97. The van der Waals surface area contributed by atoms with Crippen LogP contribution in [0.1, 0.15) is 17.2 Å². The quantitative estimate of drug-likeness (QED) is 0.767. The Bertz CT molecular complexity index is 566. The summed E-state index contributed by atoms with van der Waals surface area (Å²) in [5.74, 6) is 0. The lowest BCUT2D eigenvalue weighted by Gasteiger charge is -2.13. The van der Waals surface area contributed by atoms with E-state index in [0.29, 0.717) is 6.04 Å². The molecule has 17 heavy (non-hydrogen) atoms. The van der Waals surface area contributed by atoms with Gasteiger partial charge in [0, 0.05) is 14.6 Å². The molecular weight excluding hydrogens is 342 g/mol. The second-order valence-electron chi connectivity index (χ2n) is 4.22. The van der Waals surface area contributed by atoms with E-state index in [1.807, 2.05) is 6.07 Å². The van der Waals surface area contributed by atoms with Crippen LogP contribution in [0.3, 0.4) is 0 Å². The molecular formula is C14H11Br2N. The molecule has 3 heteroatoms. The van der Waals surface area contributed by atoms with E-state index in [1.165, 1.54) is 21.3 Å². The van der Waals surface area contributed by atoms with Crippen LogP contribution in [-0.4, -0.2) is 0 Å². The van der Waals surface area contributed by atoms with Crippen molar-refractivity contribution in [1.82, 2.24) is 0 Å². The van der Waals surface area contributed by atoms with Gasteiger partial charge in [0.05, 0.1) is 6.04 Å². The van der Waals surface area contributed by atoms with Gasteiger partial charge in [0.2, 0.25) is 0 Å². The number of anilines is 1. The zero-order valence-corrected chi connectivity index (χ0v) is 12.3. The number of fused-ring (bicyclic) bond motifs is 1. The van der Waals surface area contributed by atoms with E-state index < -0.39 is 0 Å². The molecule has 1 heterocycles. The van der Waals surface area contributed by atoms with Gasteiger partial charge in [-0.15, -0.1) is 0 Å². The summed E-state index contributed by atoms with van der Waals surface area (Å²) in [5, 5.41) is 3.57. The van der Waals surface area contributed by atoms with E-state index in [9.17, 15) is 0 Å². The summed E-state index contributed by atoms with van der Waals surface area (Å²) in [7, 11) is 0. The van der Waals surface area contributed by atoms with Gasteiger partial charge in [-0.2, -0.15) is 0 Å². The van der Waals surface area contributed by atoms with E-state index in [2.05, 4.69) is 73.6 Å². The van der Waals surface area contributed by atoms with Gasteiger partial charge < -0.3 is 5.32 Å². The maximum Gasteiger partial charge on any atom is 0.0566 e. The van der Waals surface area contributed by atoms with Gasteiger partial charge in [0.15, 0.2) is 0 Å². The molecule has 2 aromatic carbocycles. The van der Waals surface area contributed by atoms with E-state index in [1.54, 1.807) is 0 Å². The number of hydrogen-bond acceptors (Lipinski definition) is 1. The lowest BCUT2D eigenvalue weighted by Crippen LogP contribution is -2.06. The average Bonchev–Trinajstić information content (AvgIpc) is 2.72. The summed E-state index contributed by atoms with van der Waals surface area (Å²) in [4.78, 5) is 0. The van der Waals surface area contributed by atoms with Crippen molar-refractivity contribution < 1.29 is 0 Å². The molecule has 86 valence electrons. The molecule has 1 aliphatic rings. The Morgan fingerprint density at radius 3 is 2.71 bits per heavy atom. The second kappa shape index (κ2) is 4.46. The van der Waals surface area contributed by atoms with Crippen molar-refractivity contribution >= 4 is 37.5 Å². The fraction of sp³-hybridized carbons (Fsp3) is 0.143. The van der Waals surface area contributed by atoms with Crippen LogP contribution in [0.2, 0.25) is 0 Å². The highest BCUT2D eigenvalue weighted by Gasteiger charge is 2.23. The zero-order valence-electron chi connectivity index (χ0n) is 9.08.